The Kier molecular flexibility index (Phi) is 4.81. The van der Waals surface area contributed by atoms with Crippen molar-refractivity contribution < 1.29 is 14.3 Å². The molecule has 2 aliphatic carbocycles. The molecular formula is C19H24O3. The van der Waals surface area contributed by atoms with E-state index in [1.165, 1.54) is 12.8 Å². The molecule has 0 saturated heterocycles. The lowest BCUT2D eigenvalue weighted by atomic mass is 10.1. The highest BCUT2D eigenvalue weighted by molar-refractivity contribution is 5.96. The summed E-state index contributed by atoms with van der Waals surface area (Å²) in [6.07, 6.45) is 10.7. The van der Waals surface area contributed by atoms with Gasteiger partial charge in [0.2, 0.25) is 0 Å². The highest BCUT2D eigenvalue weighted by atomic mass is 16.5. The monoisotopic (exact) mass is 300 g/mol. The molecule has 0 aliphatic heterocycles. The molecule has 3 heteroatoms. The Labute approximate surface area is 132 Å². The molecule has 118 valence electrons. The predicted octanol–water partition coefficient (Wildman–Crippen LogP) is 4.40. The highest BCUT2D eigenvalue weighted by Gasteiger charge is 2.27. The van der Waals surface area contributed by atoms with E-state index in [2.05, 4.69) is 0 Å². The minimum absolute atomic E-state index is 0.240. The zero-order valence-electron chi connectivity index (χ0n) is 13.2. The Hall–Kier alpha value is -1.77. The summed E-state index contributed by atoms with van der Waals surface area (Å²) in [6.45, 7) is 2.58. The molecule has 0 atom stereocenters. The van der Waals surface area contributed by atoms with E-state index in [-0.39, 0.29) is 11.7 Å². The van der Waals surface area contributed by atoms with Gasteiger partial charge in [-0.2, -0.15) is 0 Å². The fraction of sp³-hybridized carbons (Fsp3) is 0.526. The van der Waals surface area contributed by atoms with E-state index in [9.17, 15) is 4.79 Å². The van der Waals surface area contributed by atoms with Gasteiger partial charge in [-0.25, -0.2) is 0 Å². The van der Waals surface area contributed by atoms with Crippen molar-refractivity contribution in [1.29, 1.82) is 0 Å². The molecule has 3 rings (SSSR count). The number of benzene rings is 1. The van der Waals surface area contributed by atoms with E-state index in [1.54, 1.807) is 6.08 Å². The van der Waals surface area contributed by atoms with Gasteiger partial charge in [-0.15, -0.1) is 0 Å². The van der Waals surface area contributed by atoms with Gasteiger partial charge in [0.1, 0.15) is 0 Å². The van der Waals surface area contributed by atoms with E-state index in [4.69, 9.17) is 9.47 Å². The van der Waals surface area contributed by atoms with Crippen molar-refractivity contribution in [3.63, 3.8) is 0 Å². The molecule has 0 radical (unpaired) electrons. The van der Waals surface area contributed by atoms with E-state index in [0.717, 1.165) is 42.7 Å². The Balaban J connectivity index is 1.71. The predicted molar refractivity (Wildman–Crippen MR) is 87.3 cm³/mol. The zero-order valence-corrected chi connectivity index (χ0v) is 13.2. The molecule has 0 amide bonds. The average molecular weight is 300 g/mol. The van der Waals surface area contributed by atoms with Gasteiger partial charge in [0.05, 0.1) is 12.7 Å². The highest BCUT2D eigenvalue weighted by Crippen LogP contribution is 2.33. The minimum Gasteiger partial charge on any atom is -0.490 e. The van der Waals surface area contributed by atoms with Crippen molar-refractivity contribution in [2.75, 3.05) is 6.61 Å². The molecule has 0 aromatic heterocycles. The first kappa shape index (κ1) is 15.1. The van der Waals surface area contributed by atoms with Gasteiger partial charge in [0.25, 0.3) is 0 Å². The lowest BCUT2D eigenvalue weighted by molar-refractivity contribution is -0.115. The SMILES string of the molecule is CCOc1cc(/C=C/C(=O)C2CC2)ccc1OC1CCCC1. The molecule has 0 bridgehead atoms. The van der Waals surface area contributed by atoms with Crippen molar-refractivity contribution in [2.24, 2.45) is 5.92 Å². The van der Waals surface area contributed by atoms with Crippen LogP contribution in [0.1, 0.15) is 51.0 Å². The second kappa shape index (κ2) is 6.99. The summed E-state index contributed by atoms with van der Waals surface area (Å²) >= 11 is 0. The molecule has 1 aromatic carbocycles. The lowest BCUT2D eigenvalue weighted by Crippen LogP contribution is -2.11. The van der Waals surface area contributed by atoms with Crippen molar-refractivity contribution in [3.8, 4) is 11.5 Å². The van der Waals surface area contributed by atoms with Gasteiger partial charge in [0.15, 0.2) is 17.3 Å². The topological polar surface area (TPSA) is 35.5 Å². The molecule has 3 nitrogen and oxygen atoms in total. The summed E-state index contributed by atoms with van der Waals surface area (Å²) in [5, 5.41) is 0. The van der Waals surface area contributed by atoms with E-state index in [1.807, 2.05) is 31.2 Å². The molecule has 2 aliphatic rings. The van der Waals surface area contributed by atoms with Gasteiger partial charge in [-0.1, -0.05) is 12.1 Å². The summed E-state index contributed by atoms with van der Waals surface area (Å²) in [6, 6.07) is 5.92. The third kappa shape index (κ3) is 3.90. The first-order valence-electron chi connectivity index (χ1n) is 8.41. The minimum atomic E-state index is 0.240. The number of allylic oxidation sites excluding steroid dienone is 1. The molecule has 2 fully saturated rings. The van der Waals surface area contributed by atoms with Crippen LogP contribution >= 0.6 is 0 Å². The molecule has 2 saturated carbocycles. The van der Waals surface area contributed by atoms with Crippen LogP contribution in [-0.4, -0.2) is 18.5 Å². The Morgan fingerprint density at radius 1 is 1.18 bits per heavy atom. The second-order valence-corrected chi connectivity index (χ2v) is 6.17. The number of carbonyl (C=O) groups excluding carboxylic acids is 1. The summed E-state index contributed by atoms with van der Waals surface area (Å²) in [5.74, 6) is 2.10. The average Bonchev–Trinajstić information content (AvgIpc) is 3.25. The summed E-state index contributed by atoms with van der Waals surface area (Å²) in [4.78, 5) is 11.7. The van der Waals surface area contributed by atoms with Crippen LogP contribution in [-0.2, 0) is 4.79 Å². The smallest absolute Gasteiger partial charge is 0.161 e. The maximum absolute atomic E-state index is 11.7. The normalized spacial score (nSPS) is 18.8. The molecule has 0 heterocycles. The first-order chi connectivity index (χ1) is 10.8. The molecule has 0 unspecified atom stereocenters. The number of ketones is 1. The van der Waals surface area contributed by atoms with E-state index in [0.29, 0.717) is 12.7 Å². The second-order valence-electron chi connectivity index (χ2n) is 6.17. The molecule has 0 N–H and O–H groups in total. The van der Waals surface area contributed by atoms with Crippen LogP contribution in [0.2, 0.25) is 0 Å². The lowest BCUT2D eigenvalue weighted by Gasteiger charge is -2.17. The summed E-state index contributed by atoms with van der Waals surface area (Å²) in [5.41, 5.74) is 0.983. The van der Waals surface area contributed by atoms with Crippen molar-refractivity contribution in [3.05, 3.63) is 29.8 Å². The standard InChI is InChI=1S/C19H24O3/c1-2-21-19-13-14(7-11-17(20)15-9-10-15)8-12-18(19)22-16-5-3-4-6-16/h7-8,11-13,15-16H,2-6,9-10H2,1H3/b11-7+. The zero-order chi connectivity index (χ0) is 15.4. The molecule has 1 aromatic rings. The van der Waals surface area contributed by atoms with Gasteiger partial charge >= 0.3 is 0 Å². The number of ether oxygens (including phenoxy) is 2. The molecular weight excluding hydrogens is 276 g/mol. The van der Waals surface area contributed by atoms with Crippen LogP contribution < -0.4 is 9.47 Å². The van der Waals surface area contributed by atoms with Crippen LogP contribution in [0.15, 0.2) is 24.3 Å². The summed E-state index contributed by atoms with van der Waals surface area (Å²) < 4.78 is 11.8. The Bertz CT molecular complexity index is 552. The van der Waals surface area contributed by atoms with Crippen LogP contribution in [0.3, 0.4) is 0 Å². The maximum atomic E-state index is 11.7. The van der Waals surface area contributed by atoms with Crippen LogP contribution in [0, 0.1) is 5.92 Å². The number of hydrogen-bond acceptors (Lipinski definition) is 3. The van der Waals surface area contributed by atoms with Gasteiger partial charge in [-0.3, -0.25) is 4.79 Å². The summed E-state index contributed by atoms with van der Waals surface area (Å²) in [7, 11) is 0. The van der Waals surface area contributed by atoms with E-state index >= 15 is 0 Å². The van der Waals surface area contributed by atoms with Crippen LogP contribution in [0.25, 0.3) is 6.08 Å². The third-order valence-electron chi connectivity index (χ3n) is 4.28. The number of carbonyl (C=O) groups is 1. The largest absolute Gasteiger partial charge is 0.490 e. The van der Waals surface area contributed by atoms with Gasteiger partial charge in [0, 0.05) is 5.92 Å². The van der Waals surface area contributed by atoms with Crippen molar-refractivity contribution in [1.82, 2.24) is 0 Å². The number of hydrogen-bond donors (Lipinski definition) is 0. The third-order valence-corrected chi connectivity index (χ3v) is 4.28. The van der Waals surface area contributed by atoms with Crippen molar-refractivity contribution in [2.45, 2.75) is 51.6 Å². The van der Waals surface area contributed by atoms with Crippen LogP contribution in [0.4, 0.5) is 0 Å². The maximum Gasteiger partial charge on any atom is 0.161 e. The van der Waals surface area contributed by atoms with Crippen LogP contribution in [0.5, 0.6) is 11.5 Å². The van der Waals surface area contributed by atoms with Gasteiger partial charge < -0.3 is 9.47 Å². The number of rotatable bonds is 7. The quantitative estimate of drug-likeness (QED) is 0.700. The Morgan fingerprint density at radius 2 is 1.95 bits per heavy atom. The fourth-order valence-corrected chi connectivity index (χ4v) is 2.86. The van der Waals surface area contributed by atoms with Gasteiger partial charge in [-0.05, 0) is 69.2 Å². The van der Waals surface area contributed by atoms with Crippen molar-refractivity contribution >= 4 is 11.9 Å². The fourth-order valence-electron chi connectivity index (χ4n) is 2.86. The molecule has 0 spiro atoms. The molecule has 22 heavy (non-hydrogen) atoms. The Morgan fingerprint density at radius 3 is 2.64 bits per heavy atom. The van der Waals surface area contributed by atoms with E-state index < -0.39 is 0 Å². The first-order valence-corrected chi connectivity index (χ1v) is 8.41.